The molecule has 2 fully saturated rings. The van der Waals surface area contributed by atoms with E-state index in [1.54, 1.807) is 13.1 Å². The molecule has 1 aromatic heterocycles. The van der Waals surface area contributed by atoms with Gasteiger partial charge in [-0.05, 0) is 49.7 Å². The third kappa shape index (κ3) is 2.67. The molecule has 1 atom stereocenters. The number of piperidine rings is 1. The van der Waals surface area contributed by atoms with Gasteiger partial charge in [0.2, 0.25) is 0 Å². The fourth-order valence-corrected chi connectivity index (χ4v) is 4.48. The Hall–Kier alpha value is -2.12. The van der Waals surface area contributed by atoms with Crippen LogP contribution in [0.25, 0.3) is 5.70 Å². The highest BCUT2D eigenvalue weighted by Gasteiger charge is 2.41. The van der Waals surface area contributed by atoms with E-state index < -0.39 is 6.10 Å². The normalized spacial score (nSPS) is 23.1. The van der Waals surface area contributed by atoms with Crippen LogP contribution in [0, 0.1) is 17.8 Å². The summed E-state index contributed by atoms with van der Waals surface area (Å²) in [6, 6.07) is 1.91. The number of Topliss-reactive ketones (excluding diaryl/α,β-unsaturated/α-hetero) is 1. The number of fused-ring (bicyclic) bond motifs is 1. The Kier molecular flexibility index (Phi) is 3.92. The number of pyridine rings is 1. The van der Waals surface area contributed by atoms with Gasteiger partial charge in [0.05, 0.1) is 23.1 Å². The zero-order chi connectivity index (χ0) is 17.6. The Morgan fingerprint density at radius 2 is 2.04 bits per heavy atom. The van der Waals surface area contributed by atoms with Gasteiger partial charge in [-0.2, -0.15) is 0 Å². The standard InChI is InChI=1S/C21H24N2O2/c1-3-16-19(25)11-15-13-22-18(14(2)24)12-17(15)20(16)23-9-7-21(8-10-23)5-4-6-21/h1,12-14,24H,4-11H2,2H3. The van der Waals surface area contributed by atoms with Crippen molar-refractivity contribution in [1.29, 1.82) is 0 Å². The van der Waals surface area contributed by atoms with Crippen LogP contribution in [0.1, 0.15) is 62.0 Å². The summed E-state index contributed by atoms with van der Waals surface area (Å²) in [6.45, 7) is 3.59. The summed E-state index contributed by atoms with van der Waals surface area (Å²) in [5.41, 5.74) is 4.41. The van der Waals surface area contributed by atoms with Crippen molar-refractivity contribution in [3.63, 3.8) is 0 Å². The number of hydrogen-bond acceptors (Lipinski definition) is 4. The molecule has 4 rings (SSSR count). The van der Waals surface area contributed by atoms with Crippen molar-refractivity contribution < 1.29 is 9.90 Å². The van der Waals surface area contributed by atoms with Gasteiger partial charge in [0.25, 0.3) is 0 Å². The zero-order valence-electron chi connectivity index (χ0n) is 14.7. The first kappa shape index (κ1) is 16.4. The van der Waals surface area contributed by atoms with Crippen LogP contribution in [0.4, 0.5) is 0 Å². The highest BCUT2D eigenvalue weighted by atomic mass is 16.3. The number of allylic oxidation sites excluding steroid dienone is 1. The Morgan fingerprint density at radius 3 is 2.60 bits per heavy atom. The number of ketones is 1. The molecule has 1 spiro atoms. The van der Waals surface area contributed by atoms with E-state index in [4.69, 9.17) is 6.42 Å². The third-order valence-electron chi connectivity index (χ3n) is 6.26. The fourth-order valence-electron chi connectivity index (χ4n) is 4.48. The number of hydrogen-bond donors (Lipinski definition) is 1. The van der Waals surface area contributed by atoms with Crippen molar-refractivity contribution in [2.45, 2.75) is 51.6 Å². The summed E-state index contributed by atoms with van der Waals surface area (Å²) in [4.78, 5) is 19.1. The molecule has 25 heavy (non-hydrogen) atoms. The molecule has 3 aliphatic rings. The average molecular weight is 336 g/mol. The molecule has 130 valence electrons. The van der Waals surface area contributed by atoms with Gasteiger partial charge in [0.1, 0.15) is 0 Å². The Balaban J connectivity index is 1.74. The average Bonchev–Trinajstić information content (AvgIpc) is 2.59. The topological polar surface area (TPSA) is 53.4 Å². The van der Waals surface area contributed by atoms with E-state index in [2.05, 4.69) is 15.8 Å². The van der Waals surface area contributed by atoms with Gasteiger partial charge in [-0.3, -0.25) is 9.78 Å². The van der Waals surface area contributed by atoms with Gasteiger partial charge in [0.15, 0.2) is 5.78 Å². The molecule has 0 amide bonds. The van der Waals surface area contributed by atoms with Crippen molar-refractivity contribution in [3.05, 3.63) is 34.7 Å². The lowest BCUT2D eigenvalue weighted by Crippen LogP contribution is -2.43. The van der Waals surface area contributed by atoms with Crippen LogP contribution in [0.5, 0.6) is 0 Å². The maximum Gasteiger partial charge on any atom is 0.177 e. The van der Waals surface area contributed by atoms with Crippen LogP contribution in [0.2, 0.25) is 0 Å². The lowest BCUT2D eigenvalue weighted by molar-refractivity contribution is -0.114. The molecule has 0 radical (unpaired) electrons. The molecule has 1 unspecified atom stereocenters. The van der Waals surface area contributed by atoms with Gasteiger partial charge in [-0.1, -0.05) is 12.3 Å². The van der Waals surface area contributed by atoms with E-state index >= 15 is 0 Å². The lowest BCUT2D eigenvalue weighted by Gasteiger charge is -2.49. The smallest absolute Gasteiger partial charge is 0.177 e. The second-order valence-electron chi connectivity index (χ2n) is 7.75. The van der Waals surface area contributed by atoms with Gasteiger partial charge < -0.3 is 10.0 Å². The molecule has 1 saturated heterocycles. The highest BCUT2D eigenvalue weighted by molar-refractivity contribution is 6.10. The number of likely N-dealkylation sites (tertiary alicyclic amines) is 1. The molecule has 2 heterocycles. The van der Waals surface area contributed by atoms with Gasteiger partial charge in [0, 0.05) is 31.3 Å². The second-order valence-corrected chi connectivity index (χ2v) is 7.75. The number of terminal acetylenes is 1. The van der Waals surface area contributed by atoms with Crippen LogP contribution < -0.4 is 0 Å². The van der Waals surface area contributed by atoms with Crippen molar-refractivity contribution in [1.82, 2.24) is 9.88 Å². The van der Waals surface area contributed by atoms with E-state index in [0.717, 1.165) is 29.9 Å². The van der Waals surface area contributed by atoms with Crippen LogP contribution in [-0.2, 0) is 11.2 Å². The minimum absolute atomic E-state index is 0.000489. The SMILES string of the molecule is C#CC1=C(N2CCC3(CCC3)CC2)c2cc(C(C)O)ncc2CC1=O. The van der Waals surface area contributed by atoms with E-state index in [1.165, 1.54) is 32.1 Å². The number of aliphatic hydroxyl groups excluding tert-OH is 1. The Bertz CT molecular complexity index is 787. The lowest BCUT2D eigenvalue weighted by atomic mass is 9.63. The number of rotatable bonds is 2. The summed E-state index contributed by atoms with van der Waals surface area (Å²) in [7, 11) is 0. The number of aromatic nitrogens is 1. The number of carbonyl (C=O) groups excluding carboxylic acids is 1. The van der Waals surface area contributed by atoms with Crippen LogP contribution in [-0.4, -0.2) is 33.9 Å². The first-order chi connectivity index (χ1) is 12.0. The van der Waals surface area contributed by atoms with E-state index in [1.807, 2.05) is 6.07 Å². The molecular formula is C21H24N2O2. The predicted octanol–water partition coefficient (Wildman–Crippen LogP) is 2.87. The van der Waals surface area contributed by atoms with E-state index in [-0.39, 0.29) is 5.78 Å². The highest BCUT2D eigenvalue weighted by Crippen LogP contribution is 2.50. The molecule has 0 bridgehead atoms. The van der Waals surface area contributed by atoms with E-state index in [9.17, 15) is 9.90 Å². The summed E-state index contributed by atoms with van der Waals surface area (Å²) in [6.07, 6.45) is 13.5. The van der Waals surface area contributed by atoms with Crippen LogP contribution >= 0.6 is 0 Å². The number of nitrogens with zero attached hydrogens (tertiary/aromatic N) is 2. The molecule has 1 aliphatic heterocycles. The maximum absolute atomic E-state index is 12.6. The van der Waals surface area contributed by atoms with Crippen molar-refractivity contribution >= 4 is 11.5 Å². The first-order valence-corrected chi connectivity index (χ1v) is 9.19. The monoisotopic (exact) mass is 336 g/mol. The minimum Gasteiger partial charge on any atom is -0.387 e. The number of aliphatic hydroxyl groups is 1. The molecule has 1 saturated carbocycles. The largest absolute Gasteiger partial charge is 0.387 e. The molecule has 1 N–H and O–H groups in total. The Labute approximate surface area is 148 Å². The Morgan fingerprint density at radius 1 is 1.32 bits per heavy atom. The predicted molar refractivity (Wildman–Crippen MR) is 96.4 cm³/mol. The maximum atomic E-state index is 12.6. The van der Waals surface area contributed by atoms with E-state index in [0.29, 0.717) is 23.1 Å². The third-order valence-corrected chi connectivity index (χ3v) is 6.26. The molecule has 4 nitrogen and oxygen atoms in total. The van der Waals surface area contributed by atoms with Gasteiger partial charge >= 0.3 is 0 Å². The summed E-state index contributed by atoms with van der Waals surface area (Å²) in [5.74, 6) is 2.65. The quantitative estimate of drug-likeness (QED) is 0.844. The number of carbonyl (C=O) groups is 1. The molecule has 4 heteroatoms. The molecule has 1 aromatic rings. The second kappa shape index (κ2) is 6.00. The van der Waals surface area contributed by atoms with Gasteiger partial charge in [-0.25, -0.2) is 0 Å². The summed E-state index contributed by atoms with van der Waals surface area (Å²) >= 11 is 0. The van der Waals surface area contributed by atoms with Crippen molar-refractivity contribution in [2.24, 2.45) is 5.41 Å². The van der Waals surface area contributed by atoms with Gasteiger partial charge in [-0.15, -0.1) is 6.42 Å². The molecule has 0 aromatic carbocycles. The summed E-state index contributed by atoms with van der Waals surface area (Å²) in [5, 5.41) is 9.91. The minimum atomic E-state index is -0.641. The first-order valence-electron chi connectivity index (χ1n) is 9.19. The fraction of sp³-hybridized carbons (Fsp3) is 0.524. The summed E-state index contributed by atoms with van der Waals surface area (Å²) < 4.78 is 0. The van der Waals surface area contributed by atoms with Crippen molar-refractivity contribution in [3.8, 4) is 12.3 Å². The van der Waals surface area contributed by atoms with Crippen LogP contribution in [0.15, 0.2) is 17.8 Å². The van der Waals surface area contributed by atoms with Crippen LogP contribution in [0.3, 0.4) is 0 Å². The van der Waals surface area contributed by atoms with Crippen molar-refractivity contribution in [2.75, 3.05) is 13.1 Å². The molecule has 2 aliphatic carbocycles. The zero-order valence-corrected chi connectivity index (χ0v) is 14.7. The molecular weight excluding hydrogens is 312 g/mol.